The van der Waals surface area contributed by atoms with E-state index in [1.54, 1.807) is 0 Å². The topological polar surface area (TPSA) is 68.6 Å². The Balaban J connectivity index is 0.00000361. The summed E-state index contributed by atoms with van der Waals surface area (Å²) < 4.78 is 0. The molecule has 0 aromatic heterocycles. The van der Waals surface area contributed by atoms with Crippen LogP contribution in [0.1, 0.15) is 53.4 Å². The molecule has 0 aromatic rings. The number of barbiturate groups is 1. The van der Waals surface area contributed by atoms with E-state index in [1.807, 2.05) is 27.7 Å². The van der Waals surface area contributed by atoms with Crippen molar-refractivity contribution in [2.45, 2.75) is 53.4 Å². The number of urea groups is 1. The second-order valence-electron chi connectivity index (χ2n) is 5.52. The summed E-state index contributed by atoms with van der Waals surface area (Å²) in [5, 5.41) is 3.56. The van der Waals surface area contributed by atoms with Gasteiger partial charge in [0, 0.05) is 0 Å². The van der Waals surface area contributed by atoms with Gasteiger partial charge in [-0.05, 0) is 31.7 Å². The third-order valence-electron chi connectivity index (χ3n) is 3.69. The van der Waals surface area contributed by atoms with E-state index in [-0.39, 0.29) is 35.5 Å². The van der Waals surface area contributed by atoms with Crippen LogP contribution in [0.4, 0.5) is 4.79 Å². The number of nitrogens with zero attached hydrogens (tertiary/aromatic N) is 2. The monoisotopic (exact) mass is 290 g/mol. The van der Waals surface area contributed by atoms with E-state index < -0.39 is 17.4 Å². The van der Waals surface area contributed by atoms with Crippen LogP contribution < -0.4 is 29.6 Å². The summed E-state index contributed by atoms with van der Waals surface area (Å²) >= 11 is 0. The van der Waals surface area contributed by atoms with Crippen molar-refractivity contribution < 1.29 is 43.9 Å². The molecule has 1 saturated heterocycles. The Morgan fingerprint density at radius 1 is 1.20 bits per heavy atom. The molecule has 0 aliphatic carbocycles. The molecule has 0 saturated carbocycles. The minimum atomic E-state index is -1.12. The first kappa shape index (κ1) is 19.6. The molecule has 1 fully saturated rings. The molecule has 0 aromatic carbocycles. The summed E-state index contributed by atoms with van der Waals surface area (Å²) in [4.78, 5) is 37.4. The van der Waals surface area contributed by atoms with Gasteiger partial charge in [0.1, 0.15) is 0 Å². The van der Waals surface area contributed by atoms with Gasteiger partial charge in [0.15, 0.2) is 17.8 Å². The van der Waals surface area contributed by atoms with E-state index in [1.165, 1.54) is 0 Å². The van der Waals surface area contributed by atoms with Gasteiger partial charge in [-0.15, -0.1) is 0 Å². The summed E-state index contributed by atoms with van der Waals surface area (Å²) in [7, 11) is 0. The average Bonchev–Trinajstić information content (AvgIpc) is 2.35. The Morgan fingerprint density at radius 2 is 1.80 bits per heavy atom. The zero-order chi connectivity index (χ0) is 14.6. The summed E-state index contributed by atoms with van der Waals surface area (Å²) in [5.74, 6) is -0.512. The number of hydrogen-bond donors (Lipinski definition) is 0. The zero-order valence-corrected chi connectivity index (χ0v) is 15.2. The molecule has 1 rings (SSSR count). The van der Waals surface area contributed by atoms with Gasteiger partial charge in [-0.3, -0.25) is 14.4 Å². The van der Waals surface area contributed by atoms with Crippen molar-refractivity contribution in [3.05, 3.63) is 5.32 Å². The van der Waals surface area contributed by atoms with Crippen molar-refractivity contribution in [2.24, 2.45) is 11.3 Å². The quantitative estimate of drug-likeness (QED) is 0.514. The number of rotatable bonds is 6. The van der Waals surface area contributed by atoms with E-state index >= 15 is 0 Å². The van der Waals surface area contributed by atoms with Crippen LogP contribution in [0.3, 0.4) is 0 Å². The minimum Gasteiger partial charge on any atom is -0.381 e. The van der Waals surface area contributed by atoms with Gasteiger partial charge in [0.25, 0.3) is 0 Å². The van der Waals surface area contributed by atoms with Gasteiger partial charge in [0.2, 0.25) is 0 Å². The predicted octanol–water partition coefficient (Wildman–Crippen LogP) is 0.0955. The minimum absolute atomic E-state index is 0. The molecule has 0 radical (unpaired) electrons. The van der Waals surface area contributed by atoms with Crippen LogP contribution in [0.2, 0.25) is 0 Å². The smallest absolute Gasteiger partial charge is 0.381 e. The van der Waals surface area contributed by atoms with Crippen LogP contribution in [-0.2, 0) is 9.59 Å². The molecule has 20 heavy (non-hydrogen) atoms. The fourth-order valence-corrected chi connectivity index (χ4v) is 2.34. The maximum atomic E-state index is 12.5. The van der Waals surface area contributed by atoms with Gasteiger partial charge in [-0.2, -0.15) is 0 Å². The third-order valence-corrected chi connectivity index (χ3v) is 3.69. The van der Waals surface area contributed by atoms with E-state index in [0.29, 0.717) is 31.7 Å². The van der Waals surface area contributed by atoms with Crippen molar-refractivity contribution in [1.82, 2.24) is 4.90 Å². The van der Waals surface area contributed by atoms with Gasteiger partial charge in [0.05, 0.1) is 5.41 Å². The molecular weight excluding hydrogens is 267 g/mol. The number of amides is 4. The third kappa shape index (κ3) is 3.83. The fourth-order valence-electron chi connectivity index (χ4n) is 2.34. The van der Waals surface area contributed by atoms with Crippen molar-refractivity contribution >= 4 is 17.8 Å². The Labute approximate surface area is 143 Å². The molecule has 108 valence electrons. The first-order valence-electron chi connectivity index (χ1n) is 7.01. The van der Waals surface area contributed by atoms with Crippen LogP contribution in [0.25, 0.3) is 5.32 Å². The second-order valence-corrected chi connectivity index (χ2v) is 5.52. The first-order chi connectivity index (χ1) is 8.89. The van der Waals surface area contributed by atoms with E-state index in [9.17, 15) is 14.4 Å². The zero-order valence-electron chi connectivity index (χ0n) is 13.2. The van der Waals surface area contributed by atoms with Crippen molar-refractivity contribution in [1.29, 1.82) is 0 Å². The fraction of sp³-hybridized carbons (Fsp3) is 0.786. The number of hydrogen-bond acceptors (Lipinski definition) is 3. The molecule has 0 bridgehead atoms. The van der Waals surface area contributed by atoms with Crippen molar-refractivity contribution in [3.63, 3.8) is 0 Å². The Morgan fingerprint density at radius 3 is 2.25 bits per heavy atom. The van der Waals surface area contributed by atoms with Crippen LogP contribution in [0.15, 0.2) is 0 Å². The number of carbonyl (C=O) groups excluding carboxylic acids is 3. The molecule has 4 amide bonds. The Kier molecular flexibility index (Phi) is 7.99. The molecule has 5 nitrogen and oxygen atoms in total. The Hall–Kier alpha value is -0.390. The molecule has 6 heteroatoms. The molecule has 1 aliphatic rings. The van der Waals surface area contributed by atoms with Crippen LogP contribution in [0, 0.1) is 11.3 Å². The molecule has 1 atom stereocenters. The average molecular weight is 290 g/mol. The van der Waals surface area contributed by atoms with Gasteiger partial charge < -0.3 is 10.2 Å². The van der Waals surface area contributed by atoms with Gasteiger partial charge in [-0.1, -0.05) is 34.1 Å². The maximum Gasteiger partial charge on any atom is 1.00 e. The normalized spacial score (nSPS) is 22.9. The number of carbonyl (C=O) groups is 3. The van der Waals surface area contributed by atoms with Gasteiger partial charge in [-0.25, -0.2) is 0 Å². The van der Waals surface area contributed by atoms with Crippen molar-refractivity contribution in [2.75, 3.05) is 6.54 Å². The summed E-state index contributed by atoms with van der Waals surface area (Å²) in [6.45, 7) is 8.13. The van der Waals surface area contributed by atoms with E-state index in [0.717, 1.165) is 11.3 Å². The first-order valence-corrected chi connectivity index (χ1v) is 7.01. The summed E-state index contributed by atoms with van der Waals surface area (Å²) in [6, 6.07) is -0.703. The molecule has 1 aliphatic heterocycles. The van der Waals surface area contributed by atoms with E-state index in [4.69, 9.17) is 0 Å². The Bertz CT molecular complexity index is 385. The van der Waals surface area contributed by atoms with Gasteiger partial charge >= 0.3 is 29.6 Å². The van der Waals surface area contributed by atoms with Crippen molar-refractivity contribution in [3.8, 4) is 0 Å². The largest absolute Gasteiger partial charge is 1.00 e. The number of imide groups is 2. The van der Waals surface area contributed by atoms with Crippen LogP contribution in [-0.4, -0.2) is 29.3 Å². The van der Waals surface area contributed by atoms with Crippen LogP contribution in [0.5, 0.6) is 0 Å². The summed E-state index contributed by atoms with van der Waals surface area (Å²) in [5.41, 5.74) is -1.12. The predicted molar refractivity (Wildman–Crippen MR) is 72.6 cm³/mol. The van der Waals surface area contributed by atoms with Crippen LogP contribution >= 0.6 is 0 Å². The summed E-state index contributed by atoms with van der Waals surface area (Å²) in [6.07, 6.45) is 2.31. The second kappa shape index (κ2) is 8.15. The SMILES string of the molecule is CCCN1C(=O)[N-]C(=O)C(CC)(CCC(C)C)C1=O.[Na+]. The molecular formula is C14H23N2NaO3. The maximum absolute atomic E-state index is 12.5. The molecule has 1 heterocycles. The van der Waals surface area contributed by atoms with E-state index in [2.05, 4.69) is 5.32 Å². The molecule has 0 spiro atoms. The standard InChI is InChI=1S/C14H24N2O3.Na/c1-5-9-16-12(18)14(6-2,8-7-10(3)4)11(17)15-13(16)19;/h10H,5-9H2,1-4H3,(H,15,17,19);/q;+1/p-1. The molecule has 0 N–H and O–H groups in total. The molecule has 1 unspecified atom stereocenters.